The highest BCUT2D eigenvalue weighted by Gasteiger charge is 2.42. The topological polar surface area (TPSA) is 104 Å². The van der Waals surface area contributed by atoms with Gasteiger partial charge >= 0.3 is 5.92 Å². The molecule has 7 nitrogen and oxygen atoms in total. The molecule has 148 valence electrons. The first-order valence-corrected chi connectivity index (χ1v) is 9.34. The molecule has 0 aliphatic carbocycles. The summed E-state index contributed by atoms with van der Waals surface area (Å²) < 4.78 is 39.6. The minimum atomic E-state index is -3.30. The number of alkyl halides is 2. The van der Waals surface area contributed by atoms with Gasteiger partial charge in [0.15, 0.2) is 11.6 Å². The molecule has 2 aromatic heterocycles. The second-order valence-electron chi connectivity index (χ2n) is 6.42. The van der Waals surface area contributed by atoms with Gasteiger partial charge in [0.05, 0.1) is 11.6 Å². The molecule has 1 amide bonds. The van der Waals surface area contributed by atoms with E-state index in [2.05, 4.69) is 27.0 Å². The van der Waals surface area contributed by atoms with E-state index in [0.717, 1.165) is 0 Å². The number of carbonyl (C=O) groups excluding carboxylic acids is 1. The van der Waals surface area contributed by atoms with Crippen LogP contribution in [-0.4, -0.2) is 27.7 Å². The van der Waals surface area contributed by atoms with Crippen molar-refractivity contribution < 1.29 is 22.7 Å². The number of aryl methyl sites for hydroxylation is 1. The van der Waals surface area contributed by atoms with E-state index >= 15 is 0 Å². The molecule has 0 fully saturated rings. The van der Waals surface area contributed by atoms with E-state index in [0.29, 0.717) is 34.2 Å². The SMILES string of the molecule is Cc1nnc([C@H](C)C#Cc2ccc3c(c2)-c2nc(C(N)=O)sc2C(F)(F)CO3)o1. The van der Waals surface area contributed by atoms with Gasteiger partial charge in [-0.05, 0) is 25.1 Å². The third kappa shape index (κ3) is 3.56. The van der Waals surface area contributed by atoms with Crippen LogP contribution in [0.25, 0.3) is 11.3 Å². The Morgan fingerprint density at radius 2 is 2.17 bits per heavy atom. The Kier molecular flexibility index (Phi) is 4.55. The van der Waals surface area contributed by atoms with Gasteiger partial charge in [-0.25, -0.2) is 4.98 Å². The number of rotatable bonds is 2. The van der Waals surface area contributed by atoms with Crippen molar-refractivity contribution in [3.63, 3.8) is 0 Å². The third-order valence-corrected chi connectivity index (χ3v) is 5.34. The molecule has 3 aromatic rings. The maximum atomic E-state index is 14.5. The number of halogens is 2. The Bertz CT molecular complexity index is 1180. The number of thiazole rings is 1. The minimum Gasteiger partial charge on any atom is -0.486 e. The highest BCUT2D eigenvalue weighted by atomic mass is 32.1. The van der Waals surface area contributed by atoms with Crippen LogP contribution in [0.3, 0.4) is 0 Å². The summed E-state index contributed by atoms with van der Waals surface area (Å²) in [4.78, 5) is 15.1. The molecule has 0 bridgehead atoms. The number of primary amides is 1. The Balaban J connectivity index is 1.75. The van der Waals surface area contributed by atoms with E-state index in [9.17, 15) is 13.6 Å². The normalized spacial score (nSPS) is 15.2. The van der Waals surface area contributed by atoms with Gasteiger partial charge in [-0.2, -0.15) is 8.78 Å². The predicted molar refractivity (Wildman–Crippen MR) is 99.8 cm³/mol. The van der Waals surface area contributed by atoms with Crippen molar-refractivity contribution in [3.8, 4) is 28.8 Å². The van der Waals surface area contributed by atoms with E-state index in [1.165, 1.54) is 0 Å². The smallest absolute Gasteiger partial charge is 0.317 e. The van der Waals surface area contributed by atoms with Gasteiger partial charge in [0, 0.05) is 18.1 Å². The summed E-state index contributed by atoms with van der Waals surface area (Å²) in [5, 5.41) is 7.52. The fourth-order valence-corrected chi connectivity index (χ4v) is 3.64. The zero-order chi connectivity index (χ0) is 20.8. The largest absolute Gasteiger partial charge is 0.486 e. The van der Waals surface area contributed by atoms with E-state index in [-0.39, 0.29) is 27.2 Å². The third-order valence-electron chi connectivity index (χ3n) is 4.16. The number of ether oxygens (including phenoxy) is 1. The molecule has 1 aromatic carbocycles. The minimum absolute atomic E-state index is 0.0227. The summed E-state index contributed by atoms with van der Waals surface area (Å²) in [6.07, 6.45) is 0. The van der Waals surface area contributed by atoms with Crippen LogP contribution in [0, 0.1) is 18.8 Å². The fraction of sp³-hybridized carbons (Fsp3) is 0.263. The highest BCUT2D eigenvalue weighted by molar-refractivity contribution is 7.14. The number of hydrogen-bond donors (Lipinski definition) is 1. The van der Waals surface area contributed by atoms with Gasteiger partial charge in [-0.15, -0.1) is 21.5 Å². The van der Waals surface area contributed by atoms with Crippen molar-refractivity contribution in [2.24, 2.45) is 5.73 Å². The Labute approximate surface area is 167 Å². The Morgan fingerprint density at radius 1 is 1.38 bits per heavy atom. The molecular weight excluding hydrogens is 402 g/mol. The first-order chi connectivity index (χ1) is 13.7. The average Bonchev–Trinajstić information content (AvgIpc) is 3.30. The van der Waals surface area contributed by atoms with Crippen LogP contribution in [0.1, 0.15) is 44.9 Å². The number of hydrogen-bond acceptors (Lipinski definition) is 7. The van der Waals surface area contributed by atoms with Crippen LogP contribution in [0.2, 0.25) is 0 Å². The van der Waals surface area contributed by atoms with Gasteiger partial charge in [-0.1, -0.05) is 11.8 Å². The molecule has 10 heteroatoms. The molecule has 1 aliphatic heterocycles. The molecule has 1 atom stereocenters. The summed E-state index contributed by atoms with van der Waals surface area (Å²) in [5.74, 6) is 2.55. The van der Waals surface area contributed by atoms with Crippen LogP contribution < -0.4 is 10.5 Å². The van der Waals surface area contributed by atoms with Crippen LogP contribution in [-0.2, 0) is 5.92 Å². The lowest BCUT2D eigenvalue weighted by molar-refractivity contribution is -0.0412. The summed E-state index contributed by atoms with van der Waals surface area (Å²) in [7, 11) is 0. The van der Waals surface area contributed by atoms with Crippen LogP contribution >= 0.6 is 11.3 Å². The first kappa shape index (κ1) is 19.0. The second kappa shape index (κ2) is 6.93. The number of benzene rings is 1. The molecule has 2 N–H and O–H groups in total. The maximum absolute atomic E-state index is 14.5. The molecular formula is C19H14F2N4O3S. The lowest BCUT2D eigenvalue weighted by Gasteiger charge is -2.12. The number of nitrogens with two attached hydrogens (primary N) is 1. The molecule has 0 saturated heterocycles. The predicted octanol–water partition coefficient (Wildman–Crippen LogP) is 3.24. The van der Waals surface area contributed by atoms with E-state index in [1.54, 1.807) is 25.1 Å². The molecule has 0 radical (unpaired) electrons. The van der Waals surface area contributed by atoms with E-state index in [1.807, 2.05) is 6.92 Å². The number of fused-ring (bicyclic) bond motifs is 3. The van der Waals surface area contributed by atoms with E-state index < -0.39 is 18.4 Å². The monoisotopic (exact) mass is 416 g/mol. The van der Waals surface area contributed by atoms with Crippen molar-refractivity contribution in [2.75, 3.05) is 6.61 Å². The van der Waals surface area contributed by atoms with Crippen LogP contribution in [0.5, 0.6) is 5.75 Å². The molecule has 3 heterocycles. The van der Waals surface area contributed by atoms with Gasteiger partial charge < -0.3 is 14.9 Å². The van der Waals surface area contributed by atoms with Crippen LogP contribution in [0.15, 0.2) is 22.6 Å². The Hall–Kier alpha value is -3.32. The summed E-state index contributed by atoms with van der Waals surface area (Å²) in [6.45, 7) is 2.64. The zero-order valence-electron chi connectivity index (χ0n) is 15.3. The number of carbonyl (C=O) groups is 1. The van der Waals surface area contributed by atoms with Crippen molar-refractivity contribution >= 4 is 17.2 Å². The Morgan fingerprint density at radius 3 is 2.86 bits per heavy atom. The first-order valence-electron chi connectivity index (χ1n) is 8.52. The van der Waals surface area contributed by atoms with Crippen molar-refractivity contribution in [1.82, 2.24) is 15.2 Å². The van der Waals surface area contributed by atoms with Crippen molar-refractivity contribution in [2.45, 2.75) is 25.7 Å². The molecule has 0 saturated carbocycles. The molecule has 0 unspecified atom stereocenters. The molecule has 1 aliphatic rings. The second-order valence-corrected chi connectivity index (χ2v) is 7.41. The van der Waals surface area contributed by atoms with E-state index in [4.69, 9.17) is 14.9 Å². The molecule has 4 rings (SSSR count). The van der Waals surface area contributed by atoms with Crippen molar-refractivity contribution in [3.05, 3.63) is 45.4 Å². The lowest BCUT2D eigenvalue weighted by Crippen LogP contribution is -2.20. The van der Waals surface area contributed by atoms with Crippen molar-refractivity contribution in [1.29, 1.82) is 0 Å². The number of nitrogens with zero attached hydrogens (tertiary/aromatic N) is 3. The summed E-state index contributed by atoms with van der Waals surface area (Å²) in [6, 6.07) is 4.80. The lowest BCUT2D eigenvalue weighted by atomic mass is 10.0. The standard InChI is InChI=1S/C19H14F2N4O3S/c1-9(17-25-24-10(2)28-17)3-4-11-5-6-13-12(7-11)14-15(19(20,21)8-27-13)29-18(23-14)16(22)26/h5-7,9H,8H2,1-2H3,(H2,22,26)/t9-/m1/s1. The summed E-state index contributed by atoms with van der Waals surface area (Å²) in [5.41, 5.74) is 6.09. The van der Waals surface area contributed by atoms with Crippen LogP contribution in [0.4, 0.5) is 8.78 Å². The zero-order valence-corrected chi connectivity index (χ0v) is 16.1. The maximum Gasteiger partial charge on any atom is 0.317 e. The number of amides is 1. The van der Waals surface area contributed by atoms with Gasteiger partial charge in [0.1, 0.15) is 10.6 Å². The van der Waals surface area contributed by atoms with Gasteiger partial charge in [0.25, 0.3) is 5.91 Å². The molecule has 0 spiro atoms. The number of aromatic nitrogens is 3. The fourth-order valence-electron chi connectivity index (χ4n) is 2.75. The molecule has 29 heavy (non-hydrogen) atoms. The van der Waals surface area contributed by atoms with Gasteiger partial charge in [0.2, 0.25) is 11.8 Å². The average molecular weight is 416 g/mol. The van der Waals surface area contributed by atoms with Gasteiger partial charge in [-0.3, -0.25) is 4.79 Å². The quantitative estimate of drug-likeness (QED) is 0.643. The highest BCUT2D eigenvalue weighted by Crippen LogP contribution is 2.46. The summed E-state index contributed by atoms with van der Waals surface area (Å²) >= 11 is 0.572.